The Labute approximate surface area is 174 Å². The number of thioether (sulfide) groups is 1. The van der Waals surface area contributed by atoms with Gasteiger partial charge in [0.25, 0.3) is 0 Å². The van der Waals surface area contributed by atoms with E-state index < -0.39 is 0 Å². The Bertz CT molecular complexity index is 877. The van der Waals surface area contributed by atoms with Crippen LogP contribution in [0.4, 0.5) is 0 Å². The lowest BCUT2D eigenvalue weighted by Gasteiger charge is -2.18. The molecule has 0 spiro atoms. The van der Waals surface area contributed by atoms with E-state index in [4.69, 9.17) is 0 Å². The zero-order valence-corrected chi connectivity index (χ0v) is 18.1. The Morgan fingerprint density at radius 2 is 1.96 bits per heavy atom. The van der Waals surface area contributed by atoms with Crippen LogP contribution < -0.4 is 5.32 Å². The number of nitrogens with zero attached hydrogens (tertiary/aromatic N) is 3. The van der Waals surface area contributed by atoms with Crippen LogP contribution in [0.1, 0.15) is 38.7 Å². The van der Waals surface area contributed by atoms with Gasteiger partial charge in [0.05, 0.1) is 10.1 Å². The molecule has 1 N–H and O–H groups in total. The topological polar surface area (TPSA) is 59.8 Å². The minimum absolute atomic E-state index is 0.0303. The first kappa shape index (κ1) is 20.6. The van der Waals surface area contributed by atoms with E-state index in [1.54, 1.807) is 11.3 Å². The molecular weight excluding hydrogens is 388 g/mol. The summed E-state index contributed by atoms with van der Waals surface area (Å²) in [5, 5.41) is 14.4. The molecule has 2 aromatic heterocycles. The molecule has 28 heavy (non-hydrogen) atoms. The zero-order chi connectivity index (χ0) is 19.9. The maximum Gasteiger partial charge on any atom is 0.233 e. The molecule has 0 aliphatic rings. The fourth-order valence-electron chi connectivity index (χ4n) is 3.05. The van der Waals surface area contributed by atoms with E-state index in [0.29, 0.717) is 12.5 Å². The Morgan fingerprint density at radius 3 is 2.61 bits per heavy atom. The third kappa shape index (κ3) is 4.83. The first-order chi connectivity index (χ1) is 13.6. The van der Waals surface area contributed by atoms with Gasteiger partial charge in [-0.3, -0.25) is 4.79 Å². The SMILES string of the molecule is CC[C@@H](CNC(=O)[C@H](C)Sc1nnc(-c2cccs2)n1CC)c1ccccc1. The van der Waals surface area contributed by atoms with Gasteiger partial charge in [-0.1, -0.05) is 55.1 Å². The molecular formula is C21H26N4OS2. The van der Waals surface area contributed by atoms with E-state index in [1.165, 1.54) is 17.3 Å². The van der Waals surface area contributed by atoms with Crippen molar-refractivity contribution in [2.24, 2.45) is 0 Å². The van der Waals surface area contributed by atoms with Crippen molar-refractivity contribution >= 4 is 29.0 Å². The highest BCUT2D eigenvalue weighted by atomic mass is 32.2. The summed E-state index contributed by atoms with van der Waals surface area (Å²) >= 11 is 3.10. The number of rotatable bonds is 9. The van der Waals surface area contributed by atoms with Crippen molar-refractivity contribution in [3.63, 3.8) is 0 Å². The number of carbonyl (C=O) groups excluding carboxylic acids is 1. The summed E-state index contributed by atoms with van der Waals surface area (Å²) in [7, 11) is 0. The van der Waals surface area contributed by atoms with Crippen molar-refractivity contribution in [1.82, 2.24) is 20.1 Å². The van der Waals surface area contributed by atoms with Crippen molar-refractivity contribution in [3.05, 3.63) is 53.4 Å². The molecule has 0 saturated carbocycles. The van der Waals surface area contributed by atoms with Gasteiger partial charge in [-0.2, -0.15) is 0 Å². The molecule has 3 aromatic rings. The highest BCUT2D eigenvalue weighted by Crippen LogP contribution is 2.29. The monoisotopic (exact) mass is 414 g/mol. The summed E-state index contributed by atoms with van der Waals surface area (Å²) in [6.45, 7) is 7.55. The van der Waals surface area contributed by atoms with Crippen LogP contribution in [-0.2, 0) is 11.3 Å². The first-order valence-corrected chi connectivity index (χ1v) is 11.4. The van der Waals surface area contributed by atoms with E-state index in [0.717, 1.165) is 28.8 Å². The Hall–Kier alpha value is -2.12. The second kappa shape index (κ2) is 9.89. The number of thiophene rings is 1. The Kier molecular flexibility index (Phi) is 7.28. The Morgan fingerprint density at radius 1 is 1.18 bits per heavy atom. The molecule has 148 valence electrons. The number of nitrogens with one attached hydrogen (secondary N) is 1. The number of benzene rings is 1. The standard InChI is InChI=1S/C21H26N4OS2/c1-4-16(17-10-7-6-8-11-17)14-22-20(26)15(3)28-21-24-23-19(25(21)5-2)18-12-9-13-27-18/h6-13,15-16H,4-5,14H2,1-3H3,(H,22,26)/t15-,16-/m0/s1. The van der Waals surface area contributed by atoms with E-state index in [2.05, 4.69) is 46.1 Å². The minimum atomic E-state index is -0.237. The number of hydrogen-bond acceptors (Lipinski definition) is 5. The van der Waals surface area contributed by atoms with Crippen molar-refractivity contribution in [1.29, 1.82) is 0 Å². The molecule has 3 rings (SSSR count). The van der Waals surface area contributed by atoms with Crippen LogP contribution in [0.15, 0.2) is 53.0 Å². The molecule has 2 atom stereocenters. The minimum Gasteiger partial charge on any atom is -0.355 e. The van der Waals surface area contributed by atoms with Gasteiger partial charge in [0, 0.05) is 19.0 Å². The second-order valence-corrected chi connectivity index (χ2v) is 8.80. The lowest BCUT2D eigenvalue weighted by molar-refractivity contribution is -0.120. The summed E-state index contributed by atoms with van der Waals surface area (Å²) in [6, 6.07) is 14.4. The van der Waals surface area contributed by atoms with Gasteiger partial charge >= 0.3 is 0 Å². The van der Waals surface area contributed by atoms with Crippen molar-refractivity contribution in [3.8, 4) is 10.7 Å². The molecule has 0 aliphatic heterocycles. The van der Waals surface area contributed by atoms with E-state index in [1.807, 2.05) is 42.6 Å². The van der Waals surface area contributed by atoms with Crippen LogP contribution in [0.3, 0.4) is 0 Å². The van der Waals surface area contributed by atoms with Gasteiger partial charge < -0.3 is 9.88 Å². The zero-order valence-electron chi connectivity index (χ0n) is 16.5. The smallest absolute Gasteiger partial charge is 0.233 e. The number of aromatic nitrogens is 3. The van der Waals surface area contributed by atoms with Gasteiger partial charge in [0.15, 0.2) is 11.0 Å². The van der Waals surface area contributed by atoms with Crippen LogP contribution in [-0.4, -0.2) is 32.5 Å². The summed E-state index contributed by atoms with van der Waals surface area (Å²) in [6.07, 6.45) is 0.986. The molecule has 2 heterocycles. The first-order valence-electron chi connectivity index (χ1n) is 9.60. The summed E-state index contributed by atoms with van der Waals surface area (Å²) in [5.41, 5.74) is 1.26. The fourth-order valence-corrected chi connectivity index (χ4v) is 4.71. The highest BCUT2D eigenvalue weighted by molar-refractivity contribution is 8.00. The average Bonchev–Trinajstić information content (AvgIpc) is 3.38. The van der Waals surface area contributed by atoms with Crippen LogP contribution >= 0.6 is 23.1 Å². The molecule has 0 aliphatic carbocycles. The molecule has 1 amide bonds. The van der Waals surface area contributed by atoms with E-state index in [9.17, 15) is 4.79 Å². The van der Waals surface area contributed by atoms with Gasteiger partial charge in [-0.25, -0.2) is 0 Å². The molecule has 5 nitrogen and oxygen atoms in total. The van der Waals surface area contributed by atoms with E-state index in [-0.39, 0.29) is 11.2 Å². The molecule has 0 radical (unpaired) electrons. The average molecular weight is 415 g/mol. The predicted molar refractivity (Wildman–Crippen MR) is 117 cm³/mol. The van der Waals surface area contributed by atoms with Crippen molar-refractivity contribution in [2.45, 2.75) is 50.1 Å². The summed E-state index contributed by atoms with van der Waals surface area (Å²) < 4.78 is 2.07. The molecule has 7 heteroatoms. The normalized spacial score (nSPS) is 13.2. The lowest BCUT2D eigenvalue weighted by Crippen LogP contribution is -2.34. The largest absolute Gasteiger partial charge is 0.355 e. The fraction of sp³-hybridized carbons (Fsp3) is 0.381. The molecule has 0 bridgehead atoms. The van der Waals surface area contributed by atoms with E-state index >= 15 is 0 Å². The molecule has 0 saturated heterocycles. The number of hydrogen-bond donors (Lipinski definition) is 1. The third-order valence-electron chi connectivity index (χ3n) is 4.71. The Balaban J connectivity index is 1.61. The van der Waals surface area contributed by atoms with Crippen LogP contribution in [0.25, 0.3) is 10.7 Å². The van der Waals surface area contributed by atoms with Crippen molar-refractivity contribution < 1.29 is 4.79 Å². The summed E-state index contributed by atoms with van der Waals surface area (Å²) in [4.78, 5) is 13.7. The second-order valence-electron chi connectivity index (χ2n) is 6.55. The summed E-state index contributed by atoms with van der Waals surface area (Å²) in [5.74, 6) is 1.22. The maximum atomic E-state index is 12.6. The lowest BCUT2D eigenvalue weighted by atomic mass is 9.96. The quantitative estimate of drug-likeness (QED) is 0.510. The van der Waals surface area contributed by atoms with Crippen LogP contribution in [0, 0.1) is 0 Å². The number of carbonyl (C=O) groups is 1. The van der Waals surface area contributed by atoms with Crippen LogP contribution in [0.2, 0.25) is 0 Å². The van der Waals surface area contributed by atoms with Gasteiger partial charge in [-0.15, -0.1) is 21.5 Å². The number of amides is 1. The van der Waals surface area contributed by atoms with Gasteiger partial charge in [0.2, 0.25) is 5.91 Å². The third-order valence-corrected chi connectivity index (χ3v) is 6.66. The maximum absolute atomic E-state index is 12.6. The van der Waals surface area contributed by atoms with Crippen molar-refractivity contribution in [2.75, 3.05) is 6.54 Å². The molecule has 0 unspecified atom stereocenters. The highest BCUT2D eigenvalue weighted by Gasteiger charge is 2.21. The van der Waals surface area contributed by atoms with Crippen LogP contribution in [0.5, 0.6) is 0 Å². The molecule has 0 fully saturated rings. The predicted octanol–water partition coefficient (Wildman–Crippen LogP) is 4.82. The van der Waals surface area contributed by atoms with Gasteiger partial charge in [-0.05, 0) is 37.3 Å². The van der Waals surface area contributed by atoms with Gasteiger partial charge in [0.1, 0.15) is 0 Å². The molecule has 1 aromatic carbocycles.